The minimum atomic E-state index is -0.713. The lowest BCUT2D eigenvalue weighted by Gasteiger charge is -2.34. The fourth-order valence-corrected chi connectivity index (χ4v) is 2.63. The van der Waals surface area contributed by atoms with E-state index in [4.69, 9.17) is 5.73 Å². The van der Waals surface area contributed by atoms with E-state index in [9.17, 15) is 9.90 Å². The monoisotopic (exact) mass is 233 g/mol. The first-order valence-electron chi connectivity index (χ1n) is 6.02. The van der Waals surface area contributed by atoms with Crippen LogP contribution in [-0.4, -0.2) is 11.1 Å². The molecule has 1 atom stereocenters. The molecule has 0 heterocycles. The van der Waals surface area contributed by atoms with Gasteiger partial charge in [0.2, 0.25) is 0 Å². The average Bonchev–Trinajstić information content (AvgIpc) is 2.28. The van der Waals surface area contributed by atoms with E-state index >= 15 is 0 Å². The molecule has 1 aromatic carbocycles. The van der Waals surface area contributed by atoms with Crippen LogP contribution < -0.4 is 5.73 Å². The summed E-state index contributed by atoms with van der Waals surface area (Å²) in [7, 11) is 0. The number of carboxylic acids is 1. The first kappa shape index (κ1) is 12.0. The number of aliphatic carboxylic acids is 1. The lowest BCUT2D eigenvalue weighted by atomic mass is 9.69. The number of nitrogens with two attached hydrogens (primary N) is 1. The van der Waals surface area contributed by atoms with Crippen LogP contribution in [0.1, 0.15) is 31.4 Å². The summed E-state index contributed by atoms with van der Waals surface area (Å²) in [4.78, 5) is 11.3. The summed E-state index contributed by atoms with van der Waals surface area (Å²) in [6.45, 7) is 3.63. The van der Waals surface area contributed by atoms with Crippen molar-refractivity contribution in [3.8, 4) is 0 Å². The van der Waals surface area contributed by atoms with Gasteiger partial charge in [0.1, 0.15) is 0 Å². The van der Waals surface area contributed by atoms with Crippen molar-refractivity contribution in [1.82, 2.24) is 0 Å². The van der Waals surface area contributed by atoms with Gasteiger partial charge in [-0.15, -0.1) is 0 Å². The zero-order valence-corrected chi connectivity index (χ0v) is 10.4. The molecule has 1 aliphatic carbocycles. The number of fused-ring (bicyclic) bond motifs is 1. The Hall–Kier alpha value is -1.51. The Kier molecular flexibility index (Phi) is 2.86. The highest BCUT2D eigenvalue weighted by Gasteiger charge is 2.38. The lowest BCUT2D eigenvalue weighted by molar-refractivity contribution is -0.150. The zero-order valence-electron chi connectivity index (χ0n) is 10.4. The van der Waals surface area contributed by atoms with Gasteiger partial charge in [0, 0.05) is 5.69 Å². The lowest BCUT2D eigenvalue weighted by Crippen LogP contribution is -2.36. The fourth-order valence-electron chi connectivity index (χ4n) is 2.63. The molecule has 3 heteroatoms. The van der Waals surface area contributed by atoms with Crippen LogP contribution in [0.5, 0.6) is 0 Å². The van der Waals surface area contributed by atoms with E-state index in [1.54, 1.807) is 0 Å². The summed E-state index contributed by atoms with van der Waals surface area (Å²) in [5.74, 6) is -0.524. The third kappa shape index (κ3) is 2.02. The number of rotatable bonds is 2. The van der Waals surface area contributed by atoms with Crippen molar-refractivity contribution in [2.24, 2.45) is 11.3 Å². The predicted molar refractivity (Wildman–Crippen MR) is 67.8 cm³/mol. The van der Waals surface area contributed by atoms with Crippen molar-refractivity contribution in [3.05, 3.63) is 29.3 Å². The van der Waals surface area contributed by atoms with Crippen LogP contribution >= 0.6 is 0 Å². The number of nitrogen functional groups attached to an aromatic ring is 1. The minimum absolute atomic E-state index is 0.189. The normalized spacial score (nSPS) is 19.8. The highest BCUT2D eigenvalue weighted by Crippen LogP contribution is 2.39. The van der Waals surface area contributed by atoms with Gasteiger partial charge in [-0.1, -0.05) is 12.1 Å². The molecule has 92 valence electrons. The van der Waals surface area contributed by atoms with Gasteiger partial charge in [-0.25, -0.2) is 0 Å². The Morgan fingerprint density at radius 1 is 1.47 bits per heavy atom. The summed E-state index contributed by atoms with van der Waals surface area (Å²) < 4.78 is 0. The molecule has 0 amide bonds. The molecular formula is C14H19NO2. The predicted octanol–water partition coefficient (Wildman–Crippen LogP) is 2.48. The smallest absolute Gasteiger partial charge is 0.309 e. The summed E-state index contributed by atoms with van der Waals surface area (Å²) in [5.41, 5.74) is 8.55. The van der Waals surface area contributed by atoms with E-state index in [1.165, 1.54) is 11.1 Å². The molecular weight excluding hydrogens is 214 g/mol. The maximum absolute atomic E-state index is 11.3. The highest BCUT2D eigenvalue weighted by atomic mass is 16.4. The van der Waals surface area contributed by atoms with Gasteiger partial charge in [-0.3, -0.25) is 4.79 Å². The number of benzene rings is 1. The molecule has 2 rings (SSSR count). The largest absolute Gasteiger partial charge is 0.481 e. The van der Waals surface area contributed by atoms with Gasteiger partial charge in [-0.05, 0) is 56.2 Å². The van der Waals surface area contributed by atoms with E-state index in [-0.39, 0.29) is 5.92 Å². The number of hydrogen-bond donors (Lipinski definition) is 2. The van der Waals surface area contributed by atoms with Gasteiger partial charge in [0.05, 0.1) is 5.41 Å². The molecule has 0 fully saturated rings. The maximum Gasteiger partial charge on any atom is 0.309 e. The summed E-state index contributed by atoms with van der Waals surface area (Å²) in [6.07, 6.45) is 2.61. The Morgan fingerprint density at radius 3 is 2.82 bits per heavy atom. The van der Waals surface area contributed by atoms with Gasteiger partial charge >= 0.3 is 5.97 Å². The van der Waals surface area contributed by atoms with E-state index in [2.05, 4.69) is 6.07 Å². The van der Waals surface area contributed by atoms with Crippen LogP contribution in [0, 0.1) is 11.3 Å². The van der Waals surface area contributed by atoms with Crippen molar-refractivity contribution in [1.29, 1.82) is 0 Å². The summed E-state index contributed by atoms with van der Waals surface area (Å²) >= 11 is 0. The van der Waals surface area contributed by atoms with E-state index in [1.807, 2.05) is 26.0 Å². The van der Waals surface area contributed by atoms with E-state index in [0.717, 1.165) is 24.9 Å². The van der Waals surface area contributed by atoms with E-state index in [0.29, 0.717) is 0 Å². The van der Waals surface area contributed by atoms with Gasteiger partial charge < -0.3 is 10.8 Å². The summed E-state index contributed by atoms with van der Waals surface area (Å²) in [5, 5.41) is 9.27. The topological polar surface area (TPSA) is 63.3 Å². The Bertz CT molecular complexity index is 452. The number of anilines is 1. The van der Waals surface area contributed by atoms with Gasteiger partial charge in [0.25, 0.3) is 0 Å². The standard InChI is InChI=1S/C14H19NO2/c1-14(2,13(16)17)10-6-7-11-9(8-10)4-3-5-12(11)15/h3-5,10H,6-8,15H2,1-2H3,(H,16,17). The molecule has 1 aliphatic rings. The van der Waals surface area contributed by atoms with Crippen LogP contribution in [0.25, 0.3) is 0 Å². The number of hydrogen-bond acceptors (Lipinski definition) is 2. The molecule has 0 bridgehead atoms. The molecule has 0 radical (unpaired) electrons. The van der Waals surface area contributed by atoms with Crippen molar-refractivity contribution in [3.63, 3.8) is 0 Å². The zero-order chi connectivity index (χ0) is 12.6. The first-order valence-corrected chi connectivity index (χ1v) is 6.02. The van der Waals surface area contributed by atoms with Gasteiger partial charge in [-0.2, -0.15) is 0 Å². The molecule has 0 saturated heterocycles. The molecule has 0 aromatic heterocycles. The van der Waals surface area contributed by atoms with Crippen LogP contribution in [0.4, 0.5) is 5.69 Å². The average molecular weight is 233 g/mol. The second-order valence-electron chi connectivity index (χ2n) is 5.45. The van der Waals surface area contributed by atoms with Crippen LogP contribution in [-0.2, 0) is 17.6 Å². The van der Waals surface area contributed by atoms with Crippen LogP contribution in [0.15, 0.2) is 18.2 Å². The molecule has 0 saturated carbocycles. The second-order valence-corrected chi connectivity index (χ2v) is 5.45. The molecule has 17 heavy (non-hydrogen) atoms. The van der Waals surface area contributed by atoms with Gasteiger partial charge in [0.15, 0.2) is 0 Å². The summed E-state index contributed by atoms with van der Waals surface area (Å²) in [6, 6.07) is 5.93. The number of carboxylic acid groups (broad SMARTS) is 1. The van der Waals surface area contributed by atoms with E-state index < -0.39 is 11.4 Å². The molecule has 3 nitrogen and oxygen atoms in total. The second kappa shape index (κ2) is 4.06. The molecule has 0 aliphatic heterocycles. The quantitative estimate of drug-likeness (QED) is 0.771. The fraction of sp³-hybridized carbons (Fsp3) is 0.500. The molecule has 3 N–H and O–H groups in total. The maximum atomic E-state index is 11.3. The molecule has 0 spiro atoms. The van der Waals surface area contributed by atoms with Crippen molar-refractivity contribution in [2.45, 2.75) is 33.1 Å². The van der Waals surface area contributed by atoms with Crippen LogP contribution in [0.3, 0.4) is 0 Å². The van der Waals surface area contributed by atoms with Crippen LogP contribution in [0.2, 0.25) is 0 Å². The highest BCUT2D eigenvalue weighted by molar-refractivity contribution is 5.74. The molecule has 1 aromatic rings. The Balaban J connectivity index is 2.28. The third-order valence-corrected chi connectivity index (χ3v) is 4.09. The Labute approximate surface area is 102 Å². The first-order chi connectivity index (χ1) is 7.93. The SMILES string of the molecule is CC(C)(C(=O)O)C1CCc2c(N)cccc2C1. The Morgan fingerprint density at radius 2 is 2.18 bits per heavy atom. The number of carbonyl (C=O) groups is 1. The minimum Gasteiger partial charge on any atom is -0.481 e. The molecule has 1 unspecified atom stereocenters. The van der Waals surface area contributed by atoms with Crippen molar-refractivity contribution < 1.29 is 9.90 Å². The van der Waals surface area contributed by atoms with Crippen molar-refractivity contribution in [2.75, 3.05) is 5.73 Å². The third-order valence-electron chi connectivity index (χ3n) is 4.09. The van der Waals surface area contributed by atoms with Crippen molar-refractivity contribution >= 4 is 11.7 Å².